The van der Waals surface area contributed by atoms with Crippen molar-refractivity contribution in [2.24, 2.45) is 0 Å². The van der Waals surface area contributed by atoms with Gasteiger partial charge in [-0.25, -0.2) is 14.4 Å². The van der Waals surface area contributed by atoms with E-state index in [1.807, 2.05) is 36.9 Å². The molecule has 12 heteroatoms. The first-order valence-electron chi connectivity index (χ1n) is 13.5. The molecule has 2 N–H and O–H groups in total. The zero-order valence-corrected chi connectivity index (χ0v) is 23.5. The summed E-state index contributed by atoms with van der Waals surface area (Å²) in [6.45, 7) is 2.07. The third-order valence-electron chi connectivity index (χ3n) is 7.34. The van der Waals surface area contributed by atoms with Crippen molar-refractivity contribution >= 4 is 36.4 Å². The molecule has 1 aliphatic rings. The van der Waals surface area contributed by atoms with E-state index in [4.69, 9.17) is 14.6 Å². The van der Waals surface area contributed by atoms with Gasteiger partial charge in [0.15, 0.2) is 7.98 Å². The fourth-order valence-corrected chi connectivity index (χ4v) is 5.16. The van der Waals surface area contributed by atoms with Crippen LogP contribution in [0.15, 0.2) is 73.1 Å². The average molecular weight is 565 g/mol. The van der Waals surface area contributed by atoms with E-state index in [0.717, 1.165) is 24.2 Å². The van der Waals surface area contributed by atoms with Crippen LogP contribution in [0.4, 0.5) is 16.0 Å². The van der Waals surface area contributed by atoms with Crippen LogP contribution in [0.5, 0.6) is 11.5 Å². The van der Waals surface area contributed by atoms with Crippen LogP contribution in [-0.4, -0.2) is 65.8 Å². The van der Waals surface area contributed by atoms with E-state index in [0.29, 0.717) is 40.8 Å². The fraction of sp³-hybridized carbons (Fsp3) is 0.200. The lowest BCUT2D eigenvalue weighted by Gasteiger charge is -2.37. The van der Waals surface area contributed by atoms with Gasteiger partial charge in [-0.1, -0.05) is 6.07 Å². The molecule has 0 aliphatic carbocycles. The molecule has 0 saturated carbocycles. The number of benzene rings is 2. The Morgan fingerprint density at radius 1 is 1.05 bits per heavy atom. The third kappa shape index (κ3) is 5.24. The largest absolute Gasteiger partial charge is 0.497 e. The van der Waals surface area contributed by atoms with Crippen LogP contribution in [0.3, 0.4) is 0 Å². The first-order valence-corrected chi connectivity index (χ1v) is 13.5. The van der Waals surface area contributed by atoms with Crippen molar-refractivity contribution in [3.63, 3.8) is 0 Å². The minimum Gasteiger partial charge on any atom is -0.497 e. The van der Waals surface area contributed by atoms with Crippen molar-refractivity contribution in [3.05, 3.63) is 90.0 Å². The van der Waals surface area contributed by atoms with E-state index in [1.165, 1.54) is 6.07 Å². The van der Waals surface area contributed by atoms with Crippen LogP contribution in [0.25, 0.3) is 22.2 Å². The van der Waals surface area contributed by atoms with Crippen LogP contribution < -0.4 is 20.1 Å². The van der Waals surface area contributed by atoms with Gasteiger partial charge in [0.1, 0.15) is 34.6 Å². The van der Waals surface area contributed by atoms with Crippen molar-refractivity contribution in [2.75, 3.05) is 37.9 Å². The smallest absolute Gasteiger partial charge is 0.256 e. The number of nitrogens with zero attached hydrogens (tertiary/aromatic N) is 5. The lowest BCUT2D eigenvalue weighted by molar-refractivity contribution is 0.102. The van der Waals surface area contributed by atoms with Crippen molar-refractivity contribution < 1.29 is 18.7 Å². The highest BCUT2D eigenvalue weighted by atomic mass is 19.1. The molecular weight excluding hydrogens is 536 g/mol. The highest BCUT2D eigenvalue weighted by molar-refractivity contribution is 6.06. The first-order chi connectivity index (χ1) is 20.4. The minimum atomic E-state index is -0.562. The van der Waals surface area contributed by atoms with Crippen LogP contribution in [-0.2, 0) is 6.54 Å². The molecule has 1 fully saturated rings. The number of fused-ring (bicyclic) bond motifs is 1. The van der Waals surface area contributed by atoms with E-state index in [2.05, 4.69) is 25.4 Å². The number of halogens is 1. The number of nitrogens with one attached hydrogen (secondary N) is 2. The van der Waals surface area contributed by atoms with Crippen molar-refractivity contribution in [1.82, 2.24) is 24.6 Å². The predicted octanol–water partition coefficient (Wildman–Crippen LogP) is 3.92. The molecule has 3 aromatic heterocycles. The topological polar surface area (TPSA) is 106 Å². The van der Waals surface area contributed by atoms with Gasteiger partial charge in [-0.3, -0.25) is 9.48 Å². The number of carbonyl (C=O) groups is 1. The minimum absolute atomic E-state index is 0.148. The number of anilines is 2. The van der Waals surface area contributed by atoms with Crippen molar-refractivity contribution in [2.45, 2.75) is 12.6 Å². The van der Waals surface area contributed by atoms with E-state index >= 15 is 4.39 Å². The Kier molecular flexibility index (Phi) is 7.45. The summed E-state index contributed by atoms with van der Waals surface area (Å²) in [5.74, 6) is 1.30. The van der Waals surface area contributed by atoms with E-state index in [-0.39, 0.29) is 17.2 Å². The molecule has 0 unspecified atom stereocenters. The summed E-state index contributed by atoms with van der Waals surface area (Å²) in [5.41, 5.74) is 2.65. The number of hydrogen-bond acceptors (Lipinski definition) is 8. The summed E-state index contributed by atoms with van der Waals surface area (Å²) >= 11 is 0. The number of hydrogen-bond donors (Lipinski definition) is 2. The van der Waals surface area contributed by atoms with E-state index < -0.39 is 11.7 Å². The molecule has 0 atom stereocenters. The van der Waals surface area contributed by atoms with Gasteiger partial charge in [-0.15, -0.1) is 0 Å². The normalized spacial score (nSPS) is 13.5. The Bertz CT molecular complexity index is 1760. The zero-order chi connectivity index (χ0) is 29.2. The third-order valence-corrected chi connectivity index (χ3v) is 7.34. The maximum atomic E-state index is 15.8. The molecule has 212 valence electrons. The van der Waals surface area contributed by atoms with Crippen LogP contribution in [0, 0.1) is 5.82 Å². The van der Waals surface area contributed by atoms with Crippen LogP contribution in [0.2, 0.25) is 0 Å². The zero-order valence-electron chi connectivity index (χ0n) is 23.5. The summed E-state index contributed by atoms with van der Waals surface area (Å²) in [7, 11) is 5.27. The molecule has 10 nitrogen and oxygen atoms in total. The number of carbonyl (C=O) groups excluding carboxylic acids is 1. The molecule has 2 aromatic carbocycles. The molecule has 1 aliphatic heterocycles. The van der Waals surface area contributed by atoms with Gasteiger partial charge in [0.25, 0.3) is 5.91 Å². The molecule has 5 aromatic rings. The Hall–Kier alpha value is -4.97. The van der Waals surface area contributed by atoms with Crippen LogP contribution in [0.1, 0.15) is 22.0 Å². The lowest BCUT2D eigenvalue weighted by atomic mass is 10.0. The Balaban J connectivity index is 1.37. The summed E-state index contributed by atoms with van der Waals surface area (Å²) < 4.78 is 28.6. The lowest BCUT2D eigenvalue weighted by Crippen LogP contribution is -2.46. The van der Waals surface area contributed by atoms with Gasteiger partial charge in [-0.05, 0) is 48.5 Å². The summed E-state index contributed by atoms with van der Waals surface area (Å²) in [4.78, 5) is 23.7. The molecule has 0 bridgehead atoms. The van der Waals surface area contributed by atoms with Gasteiger partial charge >= 0.3 is 0 Å². The number of methoxy groups -OCH3 is 2. The quantitative estimate of drug-likeness (QED) is 0.259. The fourth-order valence-electron chi connectivity index (χ4n) is 5.16. The number of ether oxygens (including phenoxy) is 2. The van der Waals surface area contributed by atoms with Crippen LogP contribution >= 0.6 is 0 Å². The van der Waals surface area contributed by atoms with Crippen molar-refractivity contribution in [3.8, 4) is 22.8 Å². The maximum absolute atomic E-state index is 15.8. The molecular formula is C30H29BFN7O3. The van der Waals surface area contributed by atoms with Gasteiger partial charge in [0.2, 0.25) is 0 Å². The number of rotatable bonds is 9. The van der Waals surface area contributed by atoms with Gasteiger partial charge in [-0.2, -0.15) is 5.10 Å². The number of pyridine rings is 2. The molecule has 4 heterocycles. The van der Waals surface area contributed by atoms with Crippen molar-refractivity contribution in [1.29, 1.82) is 0 Å². The highest BCUT2D eigenvalue weighted by Gasteiger charge is 2.29. The number of amides is 1. The number of aromatic nitrogens is 4. The maximum Gasteiger partial charge on any atom is 0.256 e. The molecule has 1 saturated heterocycles. The molecule has 1 amide bonds. The molecule has 0 spiro atoms. The summed E-state index contributed by atoms with van der Waals surface area (Å²) in [5, 5.41) is 11.7. The highest BCUT2D eigenvalue weighted by Crippen LogP contribution is 2.37. The second kappa shape index (κ2) is 11.5. The van der Waals surface area contributed by atoms with E-state index in [9.17, 15) is 4.79 Å². The molecule has 42 heavy (non-hydrogen) atoms. The Labute approximate surface area is 242 Å². The van der Waals surface area contributed by atoms with Gasteiger partial charge in [0.05, 0.1) is 31.2 Å². The SMILES string of the molecule is BN1CC(n2nc(-c3ccc(C(=O)Nc4ccccn4)cc3F)c3c(NCc4ccc(OC)cc4OC)nccc32)C1. The molecule has 0 radical (unpaired) electrons. The van der Waals surface area contributed by atoms with E-state index in [1.54, 1.807) is 56.9 Å². The van der Waals surface area contributed by atoms with Gasteiger partial charge in [0, 0.05) is 54.8 Å². The standard InChI is InChI=1S/C30H29BFN7O3/c1-41-21-8-6-19(25(14-21)42-2)15-35-29-27-24(10-12-34-29)39(20-16-38(31)17-20)37-28(27)22-9-7-18(13-23(22)32)30(40)36-26-5-3-4-11-33-26/h3-14,20H,15-17,31H2,1-2H3,(H,34,35)(H,33,36,40). The Morgan fingerprint density at radius 3 is 2.62 bits per heavy atom. The first kappa shape index (κ1) is 27.2. The second-order valence-corrected chi connectivity index (χ2v) is 10.1. The molecule has 6 rings (SSSR count). The predicted molar refractivity (Wildman–Crippen MR) is 161 cm³/mol. The monoisotopic (exact) mass is 565 g/mol. The van der Waals surface area contributed by atoms with Gasteiger partial charge < -0.3 is 24.9 Å². The average Bonchev–Trinajstić information content (AvgIpc) is 3.38. The summed E-state index contributed by atoms with van der Waals surface area (Å²) in [6.07, 6.45) is 3.30. The Morgan fingerprint density at radius 2 is 1.90 bits per heavy atom. The summed E-state index contributed by atoms with van der Waals surface area (Å²) in [6, 6.07) is 17.2. The second-order valence-electron chi connectivity index (χ2n) is 10.1.